The summed E-state index contributed by atoms with van der Waals surface area (Å²) in [4.78, 5) is 0.139. The van der Waals surface area contributed by atoms with Crippen LogP contribution in [0.3, 0.4) is 0 Å². The molecule has 0 spiro atoms. The molecule has 8 nitrogen and oxygen atoms in total. The van der Waals surface area contributed by atoms with Gasteiger partial charge in [-0.15, -0.1) is 0 Å². The summed E-state index contributed by atoms with van der Waals surface area (Å²) in [6.07, 6.45) is 3.80. The number of hydrogen-bond acceptors (Lipinski definition) is 5. The van der Waals surface area contributed by atoms with Crippen molar-refractivity contribution in [2.45, 2.75) is 24.7 Å². The molecular formula is C12H22N4O4S2. The number of aryl methyl sites for hydroxylation is 1. The van der Waals surface area contributed by atoms with Crippen molar-refractivity contribution in [1.29, 1.82) is 0 Å². The minimum absolute atomic E-state index is 0.0996. The fourth-order valence-corrected chi connectivity index (χ4v) is 5.45. The fourth-order valence-electron chi connectivity index (χ4n) is 2.46. The van der Waals surface area contributed by atoms with E-state index >= 15 is 0 Å². The van der Waals surface area contributed by atoms with Crippen molar-refractivity contribution < 1.29 is 16.8 Å². The van der Waals surface area contributed by atoms with Crippen molar-refractivity contribution in [1.82, 2.24) is 18.4 Å². The summed E-state index contributed by atoms with van der Waals surface area (Å²) in [5, 5.41) is 3.88. The molecular weight excluding hydrogens is 328 g/mol. The van der Waals surface area contributed by atoms with E-state index in [1.54, 1.807) is 7.05 Å². The summed E-state index contributed by atoms with van der Waals surface area (Å²) in [6, 6.07) is 0. The molecule has 0 radical (unpaired) electrons. The number of rotatable bonds is 5. The molecule has 1 fully saturated rings. The van der Waals surface area contributed by atoms with Gasteiger partial charge in [0, 0.05) is 39.4 Å². The van der Waals surface area contributed by atoms with E-state index in [0.29, 0.717) is 25.9 Å². The minimum atomic E-state index is -3.62. The van der Waals surface area contributed by atoms with Gasteiger partial charge in [-0.1, -0.05) is 6.92 Å². The Balaban J connectivity index is 2.14. The van der Waals surface area contributed by atoms with Gasteiger partial charge in [-0.25, -0.2) is 21.1 Å². The van der Waals surface area contributed by atoms with Crippen LogP contribution in [0.5, 0.6) is 0 Å². The highest BCUT2D eigenvalue weighted by Gasteiger charge is 2.31. The first-order chi connectivity index (χ1) is 10.3. The first-order valence-corrected chi connectivity index (χ1v) is 10.3. The van der Waals surface area contributed by atoms with Gasteiger partial charge in [-0.05, 0) is 12.8 Å². The van der Waals surface area contributed by atoms with Gasteiger partial charge in [0.15, 0.2) is 0 Å². The molecule has 0 aliphatic carbocycles. The van der Waals surface area contributed by atoms with Gasteiger partial charge < -0.3 is 0 Å². The minimum Gasteiger partial charge on any atom is -0.274 e. The SMILES string of the molecule is CCCS(=O)(=O)N1CCCN(S(=O)(=O)c2cnn(C)c2)CC1. The summed E-state index contributed by atoms with van der Waals surface area (Å²) in [7, 11) is -5.25. The molecule has 1 aliphatic rings. The quantitative estimate of drug-likeness (QED) is 0.737. The molecule has 0 N–H and O–H groups in total. The monoisotopic (exact) mass is 350 g/mol. The van der Waals surface area contributed by atoms with Gasteiger partial charge in [0.25, 0.3) is 0 Å². The van der Waals surface area contributed by atoms with E-state index in [0.717, 1.165) is 0 Å². The summed E-state index contributed by atoms with van der Waals surface area (Å²) in [5.41, 5.74) is 0. The Morgan fingerprint density at radius 3 is 2.32 bits per heavy atom. The van der Waals surface area contributed by atoms with Crippen molar-refractivity contribution in [3.8, 4) is 0 Å². The number of sulfonamides is 2. The molecule has 126 valence electrons. The van der Waals surface area contributed by atoms with Crippen LogP contribution in [0.1, 0.15) is 19.8 Å². The van der Waals surface area contributed by atoms with Crippen LogP contribution in [0.2, 0.25) is 0 Å². The fraction of sp³-hybridized carbons (Fsp3) is 0.750. The molecule has 0 amide bonds. The second-order valence-electron chi connectivity index (χ2n) is 5.32. The summed E-state index contributed by atoms with van der Waals surface area (Å²) in [6.45, 7) is 2.85. The average Bonchev–Trinajstić information content (AvgIpc) is 2.73. The maximum Gasteiger partial charge on any atom is 0.246 e. The molecule has 10 heteroatoms. The number of hydrogen-bond donors (Lipinski definition) is 0. The maximum absolute atomic E-state index is 12.5. The van der Waals surface area contributed by atoms with E-state index in [-0.39, 0.29) is 23.7 Å². The van der Waals surface area contributed by atoms with Crippen molar-refractivity contribution in [3.05, 3.63) is 12.4 Å². The van der Waals surface area contributed by atoms with Crippen molar-refractivity contribution in [3.63, 3.8) is 0 Å². The highest BCUT2D eigenvalue weighted by atomic mass is 32.2. The summed E-state index contributed by atoms with van der Waals surface area (Å²) < 4.78 is 53.5. The molecule has 0 bridgehead atoms. The first kappa shape index (κ1) is 17.4. The van der Waals surface area contributed by atoms with Crippen LogP contribution in [0.25, 0.3) is 0 Å². The predicted molar refractivity (Wildman–Crippen MR) is 82.2 cm³/mol. The zero-order valence-corrected chi connectivity index (χ0v) is 14.5. The van der Waals surface area contributed by atoms with Crippen molar-refractivity contribution >= 4 is 20.0 Å². The molecule has 1 aliphatic heterocycles. The zero-order chi connectivity index (χ0) is 16.4. The molecule has 1 aromatic heterocycles. The Labute approximate surface area is 131 Å². The molecule has 2 rings (SSSR count). The molecule has 1 aromatic rings. The lowest BCUT2D eigenvalue weighted by atomic mass is 10.4. The van der Waals surface area contributed by atoms with E-state index in [2.05, 4.69) is 5.10 Å². The highest BCUT2D eigenvalue weighted by Crippen LogP contribution is 2.18. The molecule has 0 unspecified atom stereocenters. The normalized spacial score (nSPS) is 19.2. The lowest BCUT2D eigenvalue weighted by Crippen LogP contribution is -2.38. The van der Waals surface area contributed by atoms with Crippen LogP contribution in [0.15, 0.2) is 17.3 Å². The molecule has 22 heavy (non-hydrogen) atoms. The zero-order valence-electron chi connectivity index (χ0n) is 12.8. The van der Waals surface area contributed by atoms with Crippen LogP contribution in [0.4, 0.5) is 0 Å². The predicted octanol–water partition coefficient (Wildman–Crippen LogP) is -0.144. The van der Waals surface area contributed by atoms with Crippen LogP contribution in [0, 0.1) is 0 Å². The van der Waals surface area contributed by atoms with Gasteiger partial charge >= 0.3 is 0 Å². The number of aromatic nitrogens is 2. The Morgan fingerprint density at radius 2 is 1.73 bits per heavy atom. The average molecular weight is 350 g/mol. The van der Waals surface area contributed by atoms with Crippen LogP contribution in [-0.2, 0) is 27.1 Å². The largest absolute Gasteiger partial charge is 0.274 e. The lowest BCUT2D eigenvalue weighted by molar-refractivity contribution is 0.404. The summed E-state index contributed by atoms with van der Waals surface area (Å²) in [5.74, 6) is 0.0996. The van der Waals surface area contributed by atoms with E-state index in [1.165, 1.54) is 25.7 Å². The van der Waals surface area contributed by atoms with Gasteiger partial charge in [0.1, 0.15) is 4.90 Å². The van der Waals surface area contributed by atoms with Gasteiger partial charge in [0.2, 0.25) is 20.0 Å². The Hall–Kier alpha value is -0.970. The third-order valence-corrected chi connectivity index (χ3v) is 7.52. The van der Waals surface area contributed by atoms with Gasteiger partial charge in [-0.2, -0.15) is 9.40 Å². The lowest BCUT2D eigenvalue weighted by Gasteiger charge is -2.21. The second kappa shape index (κ2) is 6.65. The first-order valence-electron chi connectivity index (χ1n) is 7.24. The maximum atomic E-state index is 12.5. The van der Waals surface area contributed by atoms with E-state index in [1.807, 2.05) is 6.92 Å². The molecule has 0 atom stereocenters. The Bertz CT molecular complexity index is 711. The molecule has 2 heterocycles. The smallest absolute Gasteiger partial charge is 0.246 e. The van der Waals surface area contributed by atoms with E-state index in [4.69, 9.17) is 0 Å². The van der Waals surface area contributed by atoms with Crippen LogP contribution < -0.4 is 0 Å². The van der Waals surface area contributed by atoms with Crippen LogP contribution >= 0.6 is 0 Å². The second-order valence-corrected chi connectivity index (χ2v) is 9.35. The van der Waals surface area contributed by atoms with Gasteiger partial charge in [-0.3, -0.25) is 4.68 Å². The van der Waals surface area contributed by atoms with Crippen LogP contribution in [-0.4, -0.2) is 67.2 Å². The standard InChI is InChI=1S/C12H22N4O4S2/c1-3-9-21(17,18)15-5-4-6-16(8-7-15)22(19,20)12-10-13-14(2)11-12/h10-11H,3-9H2,1-2H3. The van der Waals surface area contributed by atoms with Gasteiger partial charge in [0.05, 0.1) is 11.9 Å². The highest BCUT2D eigenvalue weighted by molar-refractivity contribution is 7.89. The number of nitrogens with zero attached hydrogens (tertiary/aromatic N) is 4. The third kappa shape index (κ3) is 3.67. The summed E-state index contributed by atoms with van der Waals surface area (Å²) >= 11 is 0. The van der Waals surface area contributed by atoms with E-state index in [9.17, 15) is 16.8 Å². The van der Waals surface area contributed by atoms with E-state index < -0.39 is 20.0 Å². The molecule has 0 aromatic carbocycles. The van der Waals surface area contributed by atoms with Crippen molar-refractivity contribution in [2.75, 3.05) is 31.9 Å². The molecule has 1 saturated heterocycles. The Kier molecular flexibility index (Phi) is 5.25. The molecule has 0 saturated carbocycles. The topological polar surface area (TPSA) is 92.6 Å². The third-order valence-electron chi connectivity index (χ3n) is 3.59. The van der Waals surface area contributed by atoms with Crippen molar-refractivity contribution in [2.24, 2.45) is 7.05 Å². The Morgan fingerprint density at radius 1 is 1.09 bits per heavy atom.